The van der Waals surface area contributed by atoms with E-state index in [0.29, 0.717) is 11.1 Å². The predicted octanol–water partition coefficient (Wildman–Crippen LogP) is 3.09. The van der Waals surface area contributed by atoms with E-state index in [-0.39, 0.29) is 22.3 Å². The van der Waals surface area contributed by atoms with E-state index >= 15 is 0 Å². The monoisotopic (exact) mass is 401 g/mol. The lowest BCUT2D eigenvalue weighted by atomic mass is 10.0. The van der Waals surface area contributed by atoms with Gasteiger partial charge in [-0.3, -0.25) is 4.79 Å². The third-order valence-corrected chi connectivity index (χ3v) is 6.18. The first-order valence-corrected chi connectivity index (χ1v) is 10.6. The summed E-state index contributed by atoms with van der Waals surface area (Å²) in [4.78, 5) is 24.9. The zero-order valence-corrected chi connectivity index (χ0v) is 16.9. The number of esters is 1. The summed E-state index contributed by atoms with van der Waals surface area (Å²) in [7, 11) is -3.68. The van der Waals surface area contributed by atoms with Crippen LogP contribution in [-0.2, 0) is 14.8 Å². The Hall–Kier alpha value is -2.51. The Morgan fingerprint density at radius 1 is 1.00 bits per heavy atom. The van der Waals surface area contributed by atoms with E-state index < -0.39 is 22.6 Å². The lowest BCUT2D eigenvalue weighted by Gasteiger charge is -2.11. The van der Waals surface area contributed by atoms with Gasteiger partial charge >= 0.3 is 5.97 Å². The van der Waals surface area contributed by atoms with Crippen LogP contribution >= 0.6 is 0 Å². The molecule has 0 aliphatic heterocycles. The Balaban J connectivity index is 1.74. The van der Waals surface area contributed by atoms with Gasteiger partial charge in [-0.1, -0.05) is 23.8 Å². The quantitative estimate of drug-likeness (QED) is 0.569. The van der Waals surface area contributed by atoms with Gasteiger partial charge in [0, 0.05) is 11.6 Å². The van der Waals surface area contributed by atoms with E-state index in [0.717, 1.165) is 24.0 Å². The van der Waals surface area contributed by atoms with Crippen LogP contribution in [0.25, 0.3) is 0 Å². The van der Waals surface area contributed by atoms with E-state index in [1.807, 2.05) is 26.0 Å². The van der Waals surface area contributed by atoms with Gasteiger partial charge in [-0.15, -0.1) is 0 Å². The minimum Gasteiger partial charge on any atom is -0.454 e. The van der Waals surface area contributed by atoms with Crippen LogP contribution in [0.1, 0.15) is 50.2 Å². The van der Waals surface area contributed by atoms with Crippen LogP contribution in [0.4, 0.5) is 0 Å². The first-order chi connectivity index (χ1) is 13.2. The normalized spacial score (nSPS) is 14.0. The number of carbonyl (C=O) groups is 2. The Labute approximate surface area is 165 Å². The second kappa shape index (κ2) is 7.85. The largest absolute Gasteiger partial charge is 0.454 e. The van der Waals surface area contributed by atoms with E-state index in [9.17, 15) is 18.0 Å². The molecule has 3 rings (SSSR count). The van der Waals surface area contributed by atoms with Crippen LogP contribution < -0.4 is 4.72 Å². The summed E-state index contributed by atoms with van der Waals surface area (Å²) in [6.07, 6.45) is 1.64. The molecule has 28 heavy (non-hydrogen) atoms. The number of carbonyl (C=O) groups excluding carboxylic acids is 2. The van der Waals surface area contributed by atoms with Gasteiger partial charge in [-0.05, 0) is 62.9 Å². The number of aryl methyl sites for hydroxylation is 3. The van der Waals surface area contributed by atoms with Gasteiger partial charge in [-0.2, -0.15) is 0 Å². The highest BCUT2D eigenvalue weighted by atomic mass is 32.2. The molecule has 7 heteroatoms. The summed E-state index contributed by atoms with van der Waals surface area (Å²) in [6.45, 7) is 4.99. The van der Waals surface area contributed by atoms with E-state index in [4.69, 9.17) is 4.74 Å². The van der Waals surface area contributed by atoms with Crippen molar-refractivity contribution in [2.24, 2.45) is 0 Å². The second-order valence-electron chi connectivity index (χ2n) is 7.19. The first kappa shape index (κ1) is 20.2. The van der Waals surface area contributed by atoms with Crippen molar-refractivity contribution in [2.75, 3.05) is 6.61 Å². The molecule has 0 atom stereocenters. The molecular weight excluding hydrogens is 378 g/mol. The number of hydrogen-bond donors (Lipinski definition) is 1. The van der Waals surface area contributed by atoms with Crippen LogP contribution in [-0.4, -0.2) is 32.8 Å². The molecular formula is C21H23NO5S. The maximum Gasteiger partial charge on any atom is 0.338 e. The zero-order chi connectivity index (χ0) is 20.5. The van der Waals surface area contributed by atoms with Crippen molar-refractivity contribution in [3.8, 4) is 0 Å². The number of Topliss-reactive ketones (excluding diaryl/α,β-unsaturated/α-hetero) is 1. The van der Waals surface area contributed by atoms with Crippen LogP contribution in [0.2, 0.25) is 0 Å². The third kappa shape index (κ3) is 4.66. The number of nitrogens with one attached hydrogen (secondary N) is 1. The van der Waals surface area contributed by atoms with Gasteiger partial charge in [0.1, 0.15) is 0 Å². The number of ether oxygens (including phenoxy) is 1. The molecule has 0 bridgehead atoms. The molecule has 0 unspecified atom stereocenters. The second-order valence-corrected chi connectivity index (χ2v) is 8.90. The van der Waals surface area contributed by atoms with Crippen molar-refractivity contribution in [1.82, 2.24) is 4.72 Å². The summed E-state index contributed by atoms with van der Waals surface area (Å²) in [5.41, 5.74) is 2.97. The van der Waals surface area contributed by atoms with Gasteiger partial charge in [-0.25, -0.2) is 17.9 Å². The van der Waals surface area contributed by atoms with E-state index in [1.165, 1.54) is 12.1 Å². The Kier molecular flexibility index (Phi) is 5.67. The predicted molar refractivity (Wildman–Crippen MR) is 105 cm³/mol. The summed E-state index contributed by atoms with van der Waals surface area (Å²) < 4.78 is 32.5. The highest BCUT2D eigenvalue weighted by Crippen LogP contribution is 2.23. The summed E-state index contributed by atoms with van der Waals surface area (Å²) in [5.74, 6) is -1.02. The molecule has 1 fully saturated rings. The van der Waals surface area contributed by atoms with Gasteiger partial charge < -0.3 is 4.74 Å². The van der Waals surface area contributed by atoms with Gasteiger partial charge in [0.25, 0.3) is 0 Å². The minimum absolute atomic E-state index is 0.0119. The summed E-state index contributed by atoms with van der Waals surface area (Å²) in [5, 5.41) is 0. The molecule has 0 saturated heterocycles. The number of ketones is 1. The fraction of sp³-hybridized carbons (Fsp3) is 0.333. The lowest BCUT2D eigenvalue weighted by molar-refractivity contribution is 0.0473. The van der Waals surface area contributed by atoms with Crippen LogP contribution in [0.15, 0.2) is 41.3 Å². The van der Waals surface area contributed by atoms with Crippen LogP contribution in [0, 0.1) is 20.8 Å². The smallest absolute Gasteiger partial charge is 0.338 e. The zero-order valence-electron chi connectivity index (χ0n) is 16.1. The summed E-state index contributed by atoms with van der Waals surface area (Å²) in [6, 6.07) is 9.79. The third-order valence-electron chi connectivity index (χ3n) is 4.67. The average Bonchev–Trinajstić information content (AvgIpc) is 3.44. The molecule has 1 saturated carbocycles. The lowest BCUT2D eigenvalue weighted by Crippen LogP contribution is -2.26. The number of sulfonamides is 1. The van der Waals surface area contributed by atoms with E-state index in [2.05, 4.69) is 4.72 Å². The molecule has 2 aromatic carbocycles. The van der Waals surface area contributed by atoms with Crippen molar-refractivity contribution >= 4 is 21.8 Å². The Bertz CT molecular complexity index is 1040. The molecule has 1 N–H and O–H groups in total. The van der Waals surface area contributed by atoms with Crippen molar-refractivity contribution in [3.63, 3.8) is 0 Å². The highest BCUT2D eigenvalue weighted by Gasteiger charge is 2.28. The number of rotatable bonds is 7. The Morgan fingerprint density at radius 2 is 1.64 bits per heavy atom. The molecule has 1 aliphatic rings. The molecule has 0 radical (unpaired) electrons. The average molecular weight is 401 g/mol. The maximum atomic E-state index is 12.5. The van der Waals surface area contributed by atoms with Gasteiger partial charge in [0.2, 0.25) is 15.8 Å². The van der Waals surface area contributed by atoms with Gasteiger partial charge in [0.05, 0.1) is 10.5 Å². The highest BCUT2D eigenvalue weighted by molar-refractivity contribution is 7.89. The molecule has 1 aliphatic carbocycles. The SMILES string of the molecule is Cc1ccc(C)c(C(=O)COC(=O)c2cc(S(=O)(=O)NC3CC3)ccc2C)c1. The minimum atomic E-state index is -3.68. The summed E-state index contributed by atoms with van der Waals surface area (Å²) >= 11 is 0. The fourth-order valence-corrected chi connectivity index (χ4v) is 4.13. The molecule has 2 aromatic rings. The topological polar surface area (TPSA) is 89.5 Å². The first-order valence-electron chi connectivity index (χ1n) is 9.08. The molecule has 0 amide bonds. The van der Waals surface area contributed by atoms with Crippen molar-refractivity contribution in [1.29, 1.82) is 0 Å². The van der Waals surface area contributed by atoms with Crippen molar-refractivity contribution in [2.45, 2.75) is 44.6 Å². The molecule has 0 aromatic heterocycles. The number of hydrogen-bond acceptors (Lipinski definition) is 5. The van der Waals surface area contributed by atoms with Crippen molar-refractivity contribution in [3.05, 3.63) is 64.2 Å². The van der Waals surface area contributed by atoms with Crippen LogP contribution in [0.3, 0.4) is 0 Å². The van der Waals surface area contributed by atoms with E-state index in [1.54, 1.807) is 19.1 Å². The van der Waals surface area contributed by atoms with Crippen LogP contribution in [0.5, 0.6) is 0 Å². The molecule has 6 nitrogen and oxygen atoms in total. The van der Waals surface area contributed by atoms with Gasteiger partial charge in [0.15, 0.2) is 6.61 Å². The molecule has 0 spiro atoms. The number of benzene rings is 2. The standard InChI is InChI=1S/C21H23NO5S/c1-13-4-5-14(2)18(10-13)20(23)12-27-21(24)19-11-17(9-6-15(19)3)28(25,26)22-16-7-8-16/h4-6,9-11,16,22H,7-8,12H2,1-3H3. The molecule has 148 valence electrons. The Morgan fingerprint density at radius 3 is 2.32 bits per heavy atom. The fourth-order valence-electron chi connectivity index (χ4n) is 2.80. The molecule has 0 heterocycles. The van der Waals surface area contributed by atoms with Crippen molar-refractivity contribution < 1.29 is 22.7 Å². The maximum absolute atomic E-state index is 12.5.